The van der Waals surface area contributed by atoms with Crippen molar-refractivity contribution >= 4 is 23.4 Å². The Bertz CT molecular complexity index is 604. The standard InChI is InChI=1S/C14H13N3O2S/c1-19-12-6-5-10(8-16-12)17-13(18)9-20-14(17)11-4-2-3-7-15-11/h2-8,14H,9H2,1H3. The van der Waals surface area contributed by atoms with Crippen LogP contribution in [0, 0.1) is 0 Å². The first-order chi connectivity index (χ1) is 9.79. The summed E-state index contributed by atoms with van der Waals surface area (Å²) in [6.07, 6.45) is 3.39. The molecule has 1 aliphatic heterocycles. The predicted molar refractivity (Wildman–Crippen MR) is 77.7 cm³/mol. The van der Waals surface area contributed by atoms with E-state index in [1.54, 1.807) is 42.2 Å². The summed E-state index contributed by atoms with van der Waals surface area (Å²) < 4.78 is 5.04. The topological polar surface area (TPSA) is 55.3 Å². The largest absolute Gasteiger partial charge is 0.481 e. The Labute approximate surface area is 121 Å². The second-order valence-electron chi connectivity index (χ2n) is 4.24. The number of aromatic nitrogens is 2. The van der Waals surface area contributed by atoms with Gasteiger partial charge in [-0.15, -0.1) is 11.8 Å². The number of methoxy groups -OCH3 is 1. The quantitative estimate of drug-likeness (QED) is 0.866. The molecule has 1 fully saturated rings. The van der Waals surface area contributed by atoms with Crippen LogP contribution in [0.5, 0.6) is 5.88 Å². The molecule has 1 unspecified atom stereocenters. The number of thioether (sulfide) groups is 1. The van der Waals surface area contributed by atoms with Crippen molar-refractivity contribution in [1.82, 2.24) is 9.97 Å². The van der Waals surface area contributed by atoms with Gasteiger partial charge in [-0.2, -0.15) is 0 Å². The highest BCUT2D eigenvalue weighted by Gasteiger charge is 2.34. The van der Waals surface area contributed by atoms with Gasteiger partial charge in [-0.1, -0.05) is 6.07 Å². The molecule has 0 spiro atoms. The van der Waals surface area contributed by atoms with E-state index in [9.17, 15) is 4.79 Å². The van der Waals surface area contributed by atoms with E-state index in [1.807, 2.05) is 24.3 Å². The molecular formula is C14H13N3O2S. The molecule has 0 N–H and O–H groups in total. The average molecular weight is 287 g/mol. The molecule has 1 saturated heterocycles. The van der Waals surface area contributed by atoms with Gasteiger partial charge in [-0.25, -0.2) is 4.98 Å². The maximum absolute atomic E-state index is 12.1. The van der Waals surface area contributed by atoms with Crippen LogP contribution in [0.2, 0.25) is 0 Å². The van der Waals surface area contributed by atoms with E-state index >= 15 is 0 Å². The first-order valence-corrected chi connectivity index (χ1v) is 7.19. The second kappa shape index (κ2) is 5.50. The number of anilines is 1. The van der Waals surface area contributed by atoms with Crippen LogP contribution in [0.3, 0.4) is 0 Å². The van der Waals surface area contributed by atoms with Gasteiger partial charge >= 0.3 is 0 Å². The number of amides is 1. The number of pyridine rings is 2. The Kier molecular flexibility index (Phi) is 3.56. The monoisotopic (exact) mass is 287 g/mol. The highest BCUT2D eigenvalue weighted by atomic mass is 32.2. The van der Waals surface area contributed by atoms with Crippen molar-refractivity contribution in [3.05, 3.63) is 48.4 Å². The molecule has 0 radical (unpaired) electrons. The van der Waals surface area contributed by atoms with Crippen molar-refractivity contribution < 1.29 is 9.53 Å². The van der Waals surface area contributed by atoms with E-state index in [0.717, 1.165) is 11.4 Å². The minimum Gasteiger partial charge on any atom is -0.481 e. The van der Waals surface area contributed by atoms with Gasteiger partial charge in [0.25, 0.3) is 0 Å². The van der Waals surface area contributed by atoms with E-state index in [-0.39, 0.29) is 11.3 Å². The Morgan fingerprint density at radius 2 is 2.20 bits per heavy atom. The van der Waals surface area contributed by atoms with E-state index < -0.39 is 0 Å². The summed E-state index contributed by atoms with van der Waals surface area (Å²) >= 11 is 1.57. The fourth-order valence-corrected chi connectivity index (χ4v) is 3.22. The molecule has 3 heterocycles. The van der Waals surface area contributed by atoms with E-state index in [0.29, 0.717) is 11.6 Å². The van der Waals surface area contributed by atoms with Crippen molar-refractivity contribution in [2.24, 2.45) is 0 Å². The lowest BCUT2D eigenvalue weighted by atomic mass is 10.3. The van der Waals surface area contributed by atoms with Crippen LogP contribution in [0.15, 0.2) is 42.7 Å². The fraction of sp³-hybridized carbons (Fsp3) is 0.214. The van der Waals surface area contributed by atoms with Gasteiger partial charge in [0.15, 0.2) is 0 Å². The van der Waals surface area contributed by atoms with E-state index in [1.165, 1.54) is 0 Å². The minimum absolute atomic E-state index is 0.0672. The van der Waals surface area contributed by atoms with Crippen molar-refractivity contribution in [3.63, 3.8) is 0 Å². The molecule has 1 aliphatic rings. The lowest BCUT2D eigenvalue weighted by Crippen LogP contribution is -2.28. The van der Waals surface area contributed by atoms with Crippen LogP contribution in [0.4, 0.5) is 5.69 Å². The third-order valence-corrected chi connectivity index (χ3v) is 4.20. The van der Waals surface area contributed by atoms with Crippen LogP contribution in [-0.4, -0.2) is 28.7 Å². The molecule has 6 heteroatoms. The van der Waals surface area contributed by atoms with Crippen LogP contribution in [0.1, 0.15) is 11.1 Å². The van der Waals surface area contributed by atoms with Crippen LogP contribution < -0.4 is 9.64 Å². The lowest BCUT2D eigenvalue weighted by molar-refractivity contribution is -0.115. The molecule has 5 nitrogen and oxygen atoms in total. The third kappa shape index (κ3) is 2.34. The molecule has 0 aromatic carbocycles. The molecule has 3 rings (SSSR count). The maximum Gasteiger partial charge on any atom is 0.238 e. The zero-order chi connectivity index (χ0) is 13.9. The molecular weight excluding hydrogens is 274 g/mol. The van der Waals surface area contributed by atoms with Gasteiger partial charge in [0.2, 0.25) is 11.8 Å². The number of rotatable bonds is 3. The number of carbonyl (C=O) groups excluding carboxylic acids is 1. The Morgan fingerprint density at radius 3 is 2.85 bits per heavy atom. The molecule has 102 valence electrons. The van der Waals surface area contributed by atoms with E-state index in [2.05, 4.69) is 9.97 Å². The summed E-state index contributed by atoms with van der Waals surface area (Å²) in [5.74, 6) is 1.05. The van der Waals surface area contributed by atoms with Crippen molar-refractivity contribution in [2.45, 2.75) is 5.37 Å². The molecule has 1 amide bonds. The fourth-order valence-electron chi connectivity index (χ4n) is 2.08. The molecule has 2 aromatic rings. The summed E-state index contributed by atoms with van der Waals surface area (Å²) in [5.41, 5.74) is 1.63. The maximum atomic E-state index is 12.1. The van der Waals surface area contributed by atoms with Gasteiger partial charge < -0.3 is 4.74 Å². The number of ether oxygens (including phenoxy) is 1. The SMILES string of the molecule is COc1ccc(N2C(=O)CSC2c2ccccn2)cn1. The number of carbonyl (C=O) groups is 1. The molecule has 20 heavy (non-hydrogen) atoms. The van der Waals surface area contributed by atoms with Crippen molar-refractivity contribution in [1.29, 1.82) is 0 Å². The highest BCUT2D eigenvalue weighted by molar-refractivity contribution is 8.00. The van der Waals surface area contributed by atoms with Crippen molar-refractivity contribution in [3.8, 4) is 5.88 Å². The zero-order valence-electron chi connectivity index (χ0n) is 10.9. The summed E-state index contributed by atoms with van der Waals surface area (Å²) in [5, 5.41) is -0.0982. The number of nitrogens with zero attached hydrogens (tertiary/aromatic N) is 3. The molecule has 2 aromatic heterocycles. The van der Waals surface area contributed by atoms with Gasteiger partial charge in [0.1, 0.15) is 5.37 Å². The smallest absolute Gasteiger partial charge is 0.238 e. The van der Waals surface area contributed by atoms with Crippen LogP contribution in [-0.2, 0) is 4.79 Å². The summed E-state index contributed by atoms with van der Waals surface area (Å²) in [7, 11) is 1.57. The Hall–Kier alpha value is -2.08. The molecule has 0 bridgehead atoms. The summed E-state index contributed by atoms with van der Waals surface area (Å²) in [4.78, 5) is 22.4. The second-order valence-corrected chi connectivity index (χ2v) is 5.31. The lowest BCUT2D eigenvalue weighted by Gasteiger charge is -2.23. The summed E-state index contributed by atoms with van der Waals surface area (Å²) in [6, 6.07) is 9.31. The third-order valence-electron chi connectivity index (χ3n) is 3.02. The van der Waals surface area contributed by atoms with Gasteiger partial charge in [-0.3, -0.25) is 14.7 Å². The molecule has 1 atom stereocenters. The first-order valence-electron chi connectivity index (χ1n) is 6.14. The van der Waals surface area contributed by atoms with Crippen LogP contribution >= 0.6 is 11.8 Å². The highest BCUT2D eigenvalue weighted by Crippen LogP contribution is 2.40. The predicted octanol–water partition coefficient (Wildman–Crippen LogP) is 2.26. The Balaban J connectivity index is 1.94. The zero-order valence-corrected chi connectivity index (χ0v) is 11.7. The van der Waals surface area contributed by atoms with E-state index in [4.69, 9.17) is 4.74 Å². The summed E-state index contributed by atoms with van der Waals surface area (Å²) in [6.45, 7) is 0. The molecule has 0 saturated carbocycles. The number of hydrogen-bond acceptors (Lipinski definition) is 5. The minimum atomic E-state index is -0.0982. The van der Waals surface area contributed by atoms with Gasteiger partial charge in [0, 0.05) is 12.3 Å². The first kappa shape index (κ1) is 12.9. The van der Waals surface area contributed by atoms with Gasteiger partial charge in [-0.05, 0) is 18.2 Å². The number of hydrogen-bond donors (Lipinski definition) is 0. The average Bonchev–Trinajstić information content (AvgIpc) is 2.90. The van der Waals surface area contributed by atoms with Crippen LogP contribution in [0.25, 0.3) is 0 Å². The van der Waals surface area contributed by atoms with Gasteiger partial charge in [0.05, 0.1) is 30.4 Å². The molecule has 0 aliphatic carbocycles. The van der Waals surface area contributed by atoms with Crippen molar-refractivity contribution in [2.75, 3.05) is 17.8 Å². The normalized spacial score (nSPS) is 18.4. The Morgan fingerprint density at radius 1 is 1.30 bits per heavy atom.